The van der Waals surface area contributed by atoms with Gasteiger partial charge in [-0.05, 0) is 105 Å². The number of unbranched alkanes of at least 4 members (excludes halogenated alkanes) is 1. The molecule has 3 aromatic rings. The average Bonchev–Trinajstić information content (AvgIpc) is 2.99. The maximum atomic E-state index is 15.0. The Kier molecular flexibility index (Phi) is 11.2. The highest BCUT2D eigenvalue weighted by atomic mass is 19.2. The molecule has 3 aromatic carbocycles. The van der Waals surface area contributed by atoms with E-state index < -0.39 is 34.9 Å². The Balaban J connectivity index is 1.36. The van der Waals surface area contributed by atoms with Crippen molar-refractivity contribution < 1.29 is 31.1 Å². The van der Waals surface area contributed by atoms with Crippen LogP contribution in [-0.2, 0) is 12.8 Å². The van der Waals surface area contributed by atoms with Gasteiger partial charge < -0.3 is 4.74 Å². The van der Waals surface area contributed by atoms with Gasteiger partial charge in [0.25, 0.3) is 0 Å². The summed E-state index contributed by atoms with van der Waals surface area (Å²) in [6, 6.07) is 8.50. The molecule has 0 amide bonds. The summed E-state index contributed by atoms with van der Waals surface area (Å²) in [4.78, 5) is 0. The maximum Gasteiger partial charge on any atom is 0.201 e. The molecule has 1 aliphatic carbocycles. The van der Waals surface area contributed by atoms with Gasteiger partial charge in [0, 0.05) is 11.1 Å². The molecule has 0 bridgehead atoms. The molecule has 1 fully saturated rings. The van der Waals surface area contributed by atoms with E-state index in [1.165, 1.54) is 24.3 Å². The van der Waals surface area contributed by atoms with E-state index >= 15 is 8.78 Å². The quantitative estimate of drug-likeness (QED) is 0.116. The van der Waals surface area contributed by atoms with Crippen molar-refractivity contribution in [2.24, 2.45) is 5.92 Å². The first-order valence-electron chi connectivity index (χ1n) is 14.9. The second kappa shape index (κ2) is 14.8. The van der Waals surface area contributed by atoms with Gasteiger partial charge in [-0.1, -0.05) is 49.8 Å². The highest BCUT2D eigenvalue weighted by Gasteiger charge is 2.27. The van der Waals surface area contributed by atoms with Crippen molar-refractivity contribution >= 4 is 0 Å². The molecule has 0 unspecified atom stereocenters. The number of hydrogen-bond acceptors (Lipinski definition) is 1. The van der Waals surface area contributed by atoms with Gasteiger partial charge in [-0.15, -0.1) is 0 Å². The van der Waals surface area contributed by atoms with Crippen molar-refractivity contribution in [3.05, 3.63) is 100 Å². The molecule has 0 N–H and O–H groups in total. The predicted molar refractivity (Wildman–Crippen MR) is 155 cm³/mol. The Hall–Kier alpha value is -3.22. The summed E-state index contributed by atoms with van der Waals surface area (Å²) in [6.45, 7) is 4.05. The molecular weight excluding hydrogens is 550 g/mol. The molecule has 0 aliphatic heterocycles. The summed E-state index contributed by atoms with van der Waals surface area (Å²) in [7, 11) is 0. The highest BCUT2D eigenvalue weighted by Crippen LogP contribution is 2.40. The first-order valence-corrected chi connectivity index (χ1v) is 14.9. The Morgan fingerprint density at radius 3 is 2.02 bits per heavy atom. The summed E-state index contributed by atoms with van der Waals surface area (Å²) in [5, 5.41) is 0. The summed E-state index contributed by atoms with van der Waals surface area (Å²) < 4.78 is 94.1. The zero-order valence-electron chi connectivity index (χ0n) is 24.2. The fourth-order valence-corrected chi connectivity index (χ4v) is 5.81. The third-order valence-electron chi connectivity index (χ3n) is 8.37. The summed E-state index contributed by atoms with van der Waals surface area (Å²) in [5.74, 6) is -6.43. The molecule has 0 atom stereocenters. The largest absolute Gasteiger partial charge is 0.490 e. The minimum atomic E-state index is -1.29. The zero-order valence-corrected chi connectivity index (χ0v) is 24.2. The molecule has 0 spiro atoms. The number of benzene rings is 3. The molecule has 1 saturated carbocycles. The van der Waals surface area contributed by atoms with E-state index in [9.17, 15) is 17.6 Å². The Bertz CT molecular complexity index is 1390. The maximum absolute atomic E-state index is 15.0. The van der Waals surface area contributed by atoms with Crippen molar-refractivity contribution in [1.29, 1.82) is 0 Å². The van der Waals surface area contributed by atoms with E-state index in [1.807, 2.05) is 26.0 Å². The van der Waals surface area contributed by atoms with Crippen LogP contribution < -0.4 is 4.74 Å². The van der Waals surface area contributed by atoms with Crippen LogP contribution in [0.15, 0.2) is 48.6 Å². The van der Waals surface area contributed by atoms with Crippen LogP contribution in [0.3, 0.4) is 0 Å². The lowest BCUT2D eigenvalue weighted by Gasteiger charge is -2.29. The molecule has 1 aliphatic rings. The molecule has 4 rings (SSSR count). The molecule has 42 heavy (non-hydrogen) atoms. The molecule has 7 heteroatoms. The van der Waals surface area contributed by atoms with Crippen LogP contribution in [0, 0.1) is 40.8 Å². The molecule has 0 aromatic heterocycles. The van der Waals surface area contributed by atoms with E-state index in [-0.39, 0.29) is 47.3 Å². The van der Waals surface area contributed by atoms with Crippen LogP contribution >= 0.6 is 0 Å². The van der Waals surface area contributed by atoms with E-state index in [1.54, 1.807) is 12.1 Å². The molecule has 1 nitrogen and oxygen atoms in total. The van der Waals surface area contributed by atoms with Crippen LogP contribution in [0.4, 0.5) is 26.3 Å². The van der Waals surface area contributed by atoms with Gasteiger partial charge in [-0.2, -0.15) is 4.39 Å². The number of ether oxygens (including phenoxy) is 1. The van der Waals surface area contributed by atoms with Crippen molar-refractivity contribution in [2.75, 3.05) is 6.61 Å². The van der Waals surface area contributed by atoms with Crippen LogP contribution in [-0.4, -0.2) is 6.61 Å². The third-order valence-corrected chi connectivity index (χ3v) is 8.37. The van der Waals surface area contributed by atoms with Crippen LogP contribution in [0.25, 0.3) is 11.1 Å². The average molecular weight is 589 g/mol. The Morgan fingerprint density at radius 2 is 1.33 bits per heavy atom. The molecule has 226 valence electrons. The highest BCUT2D eigenvalue weighted by molar-refractivity contribution is 5.66. The smallest absolute Gasteiger partial charge is 0.201 e. The fourth-order valence-electron chi connectivity index (χ4n) is 5.81. The second-order valence-corrected chi connectivity index (χ2v) is 11.1. The molecule has 0 saturated heterocycles. The standard InChI is InChI=1S/C35H38F6O/c1-3-5-7-8-24-15-17-26(32(38)30(24)36)23-12-9-22(10-13-23)11-14-25-16-18-27(33(39)31(25)37)28-19-20-29(35(41)34(28)40)42-21-6-4-2/h3,5,15-20,22-23H,4,6-14,21H2,1-2H3/b5-3+. The van der Waals surface area contributed by atoms with Gasteiger partial charge in [0.1, 0.15) is 0 Å². The molecular formula is C35H38F6O. The number of rotatable bonds is 12. The normalized spacial score (nSPS) is 17.2. The van der Waals surface area contributed by atoms with E-state index in [4.69, 9.17) is 4.74 Å². The van der Waals surface area contributed by atoms with Crippen LogP contribution in [0.1, 0.15) is 87.8 Å². The van der Waals surface area contributed by atoms with E-state index in [0.29, 0.717) is 49.7 Å². The van der Waals surface area contributed by atoms with Crippen LogP contribution in [0.5, 0.6) is 5.75 Å². The number of allylic oxidation sites excluding steroid dienone is 2. The van der Waals surface area contributed by atoms with Gasteiger partial charge in [-0.25, -0.2) is 22.0 Å². The van der Waals surface area contributed by atoms with Gasteiger partial charge in [-0.3, -0.25) is 0 Å². The first-order chi connectivity index (χ1) is 20.3. The predicted octanol–water partition coefficient (Wildman–Crippen LogP) is 10.8. The van der Waals surface area contributed by atoms with Crippen molar-refractivity contribution in [3.8, 4) is 16.9 Å². The summed E-state index contributed by atoms with van der Waals surface area (Å²) in [6.07, 6.45) is 10.2. The number of aryl methyl sites for hydroxylation is 2. The van der Waals surface area contributed by atoms with Gasteiger partial charge in [0.15, 0.2) is 34.8 Å². The van der Waals surface area contributed by atoms with E-state index in [2.05, 4.69) is 0 Å². The van der Waals surface area contributed by atoms with Gasteiger partial charge in [0.05, 0.1) is 6.61 Å². The van der Waals surface area contributed by atoms with E-state index in [0.717, 1.165) is 19.3 Å². The second-order valence-electron chi connectivity index (χ2n) is 11.1. The van der Waals surface area contributed by atoms with Crippen molar-refractivity contribution in [2.45, 2.75) is 84.0 Å². The lowest BCUT2D eigenvalue weighted by atomic mass is 9.76. The number of halogens is 6. The SMILES string of the molecule is C/C=C/CCc1ccc(C2CCC(CCc3ccc(-c4ccc(OCCCC)c(F)c4F)c(F)c3F)CC2)c(F)c1F. The summed E-state index contributed by atoms with van der Waals surface area (Å²) in [5.41, 5.74) is 0.236. The van der Waals surface area contributed by atoms with Gasteiger partial charge in [0.2, 0.25) is 5.82 Å². The fraction of sp³-hybridized carbons (Fsp3) is 0.429. The minimum absolute atomic E-state index is 0.0764. The molecule has 0 radical (unpaired) electrons. The van der Waals surface area contributed by atoms with Gasteiger partial charge >= 0.3 is 0 Å². The lowest BCUT2D eigenvalue weighted by molar-refractivity contribution is 0.289. The molecule has 0 heterocycles. The zero-order chi connectivity index (χ0) is 30.2. The monoisotopic (exact) mass is 588 g/mol. The number of hydrogen-bond donors (Lipinski definition) is 0. The first kappa shape index (κ1) is 31.7. The lowest BCUT2D eigenvalue weighted by Crippen LogP contribution is -2.16. The minimum Gasteiger partial charge on any atom is -0.490 e. The Labute approximate surface area is 244 Å². The van der Waals surface area contributed by atoms with Crippen molar-refractivity contribution in [3.63, 3.8) is 0 Å². The van der Waals surface area contributed by atoms with Crippen LogP contribution in [0.2, 0.25) is 0 Å². The Morgan fingerprint density at radius 1 is 0.714 bits per heavy atom. The summed E-state index contributed by atoms with van der Waals surface area (Å²) >= 11 is 0. The third kappa shape index (κ3) is 7.22. The topological polar surface area (TPSA) is 9.23 Å². The van der Waals surface area contributed by atoms with Crippen molar-refractivity contribution in [1.82, 2.24) is 0 Å².